The number of ether oxygens (including phenoxy) is 2. The van der Waals surface area contributed by atoms with Crippen LogP contribution in [0.1, 0.15) is 37.6 Å². The van der Waals surface area contributed by atoms with E-state index in [2.05, 4.69) is 63.2 Å². The van der Waals surface area contributed by atoms with Crippen LogP contribution in [0.2, 0.25) is 0 Å². The van der Waals surface area contributed by atoms with E-state index in [4.69, 9.17) is 14.5 Å². The summed E-state index contributed by atoms with van der Waals surface area (Å²) in [5.74, 6) is 1.94. The van der Waals surface area contributed by atoms with E-state index in [9.17, 15) is 0 Å². The maximum Gasteiger partial charge on any atom is 0.194 e. The molecule has 7 nitrogen and oxygen atoms in total. The Kier molecular flexibility index (Phi) is 7.96. The quantitative estimate of drug-likeness (QED) is 0.521. The molecule has 0 amide bonds. The highest BCUT2D eigenvalue weighted by molar-refractivity contribution is 5.80. The van der Waals surface area contributed by atoms with Crippen LogP contribution in [0.4, 0.5) is 0 Å². The van der Waals surface area contributed by atoms with Crippen molar-refractivity contribution in [1.29, 1.82) is 0 Å². The standard InChI is InChI=1S/C24H35N5O2/c1-2-25-24(29-15-17-31-22(19-29)21-11-7-16-30-21)27-18-23-26-12-14-28(23)13-6-10-20-8-4-3-5-9-20/h3-5,8-9,12,14,21-22H,2,6-7,10-11,13,15-19H2,1H3,(H,25,27). The Morgan fingerprint density at radius 1 is 1.19 bits per heavy atom. The summed E-state index contributed by atoms with van der Waals surface area (Å²) in [7, 11) is 0. The fourth-order valence-corrected chi connectivity index (χ4v) is 4.35. The fraction of sp³-hybridized carbons (Fsp3) is 0.583. The molecule has 4 rings (SSSR count). The van der Waals surface area contributed by atoms with Crippen molar-refractivity contribution in [2.75, 3.05) is 32.8 Å². The first kappa shape index (κ1) is 21.8. The molecule has 0 saturated carbocycles. The number of aromatic nitrogens is 2. The van der Waals surface area contributed by atoms with E-state index < -0.39 is 0 Å². The number of benzene rings is 1. The van der Waals surface area contributed by atoms with Crippen LogP contribution in [0.5, 0.6) is 0 Å². The van der Waals surface area contributed by atoms with Crippen LogP contribution < -0.4 is 5.32 Å². The number of morpholine rings is 1. The predicted octanol–water partition coefficient (Wildman–Crippen LogP) is 2.86. The molecule has 3 heterocycles. The Bertz CT molecular complexity index is 816. The first-order chi connectivity index (χ1) is 15.3. The monoisotopic (exact) mass is 425 g/mol. The van der Waals surface area contributed by atoms with Gasteiger partial charge in [0.05, 0.1) is 12.7 Å². The largest absolute Gasteiger partial charge is 0.375 e. The van der Waals surface area contributed by atoms with Crippen molar-refractivity contribution in [3.63, 3.8) is 0 Å². The number of rotatable bonds is 8. The normalized spacial score (nSPS) is 22.1. The van der Waals surface area contributed by atoms with Crippen LogP contribution in [-0.2, 0) is 29.0 Å². The zero-order valence-electron chi connectivity index (χ0n) is 18.6. The van der Waals surface area contributed by atoms with Gasteiger partial charge in [0.25, 0.3) is 0 Å². The van der Waals surface area contributed by atoms with Gasteiger partial charge in [0.2, 0.25) is 0 Å². The maximum absolute atomic E-state index is 6.00. The van der Waals surface area contributed by atoms with Crippen LogP contribution in [0.15, 0.2) is 47.7 Å². The molecule has 7 heteroatoms. The van der Waals surface area contributed by atoms with Crippen molar-refractivity contribution >= 4 is 5.96 Å². The minimum Gasteiger partial charge on any atom is -0.375 e. The zero-order chi connectivity index (χ0) is 21.3. The van der Waals surface area contributed by atoms with E-state index in [1.165, 1.54) is 5.56 Å². The SMILES string of the molecule is CCNC(=NCc1nccn1CCCc1ccccc1)N1CCOC(C2CCCO2)C1. The van der Waals surface area contributed by atoms with Crippen molar-refractivity contribution in [1.82, 2.24) is 19.8 Å². The summed E-state index contributed by atoms with van der Waals surface area (Å²) in [6, 6.07) is 10.6. The van der Waals surface area contributed by atoms with Crippen molar-refractivity contribution in [3.8, 4) is 0 Å². The molecule has 2 aliphatic heterocycles. The summed E-state index contributed by atoms with van der Waals surface area (Å²) in [5.41, 5.74) is 1.38. The molecule has 0 bridgehead atoms. The first-order valence-electron chi connectivity index (χ1n) is 11.6. The lowest BCUT2D eigenvalue weighted by molar-refractivity contribution is -0.0817. The molecular weight excluding hydrogens is 390 g/mol. The Hall–Kier alpha value is -2.38. The van der Waals surface area contributed by atoms with Crippen LogP contribution >= 0.6 is 0 Å². The number of imidazole rings is 1. The second-order valence-electron chi connectivity index (χ2n) is 8.20. The van der Waals surface area contributed by atoms with Crippen molar-refractivity contribution in [2.24, 2.45) is 4.99 Å². The Balaban J connectivity index is 1.34. The predicted molar refractivity (Wildman–Crippen MR) is 122 cm³/mol. The highest BCUT2D eigenvalue weighted by atomic mass is 16.5. The number of hydrogen-bond acceptors (Lipinski definition) is 4. The van der Waals surface area contributed by atoms with Gasteiger partial charge in [-0.1, -0.05) is 30.3 Å². The summed E-state index contributed by atoms with van der Waals surface area (Å²) in [6.45, 7) is 7.71. The van der Waals surface area contributed by atoms with Crippen LogP contribution in [0.25, 0.3) is 0 Å². The summed E-state index contributed by atoms with van der Waals surface area (Å²) >= 11 is 0. The van der Waals surface area contributed by atoms with E-state index in [0.717, 1.165) is 70.3 Å². The average Bonchev–Trinajstić information content (AvgIpc) is 3.50. The Morgan fingerprint density at radius 3 is 2.87 bits per heavy atom. The lowest BCUT2D eigenvalue weighted by atomic mass is 10.1. The van der Waals surface area contributed by atoms with Gasteiger partial charge < -0.3 is 24.3 Å². The molecule has 2 unspecified atom stereocenters. The molecule has 2 saturated heterocycles. The molecule has 168 valence electrons. The Morgan fingerprint density at radius 2 is 2.06 bits per heavy atom. The van der Waals surface area contributed by atoms with Crippen molar-refractivity contribution in [2.45, 2.75) is 57.9 Å². The fourth-order valence-electron chi connectivity index (χ4n) is 4.35. The smallest absolute Gasteiger partial charge is 0.194 e. The minimum absolute atomic E-state index is 0.125. The number of guanidine groups is 1. The van der Waals surface area contributed by atoms with Gasteiger partial charge in [-0.05, 0) is 38.2 Å². The summed E-state index contributed by atoms with van der Waals surface area (Å²) in [5, 5.41) is 3.45. The van der Waals surface area contributed by atoms with Crippen LogP contribution in [0, 0.1) is 0 Å². The van der Waals surface area contributed by atoms with Gasteiger partial charge in [0.15, 0.2) is 5.96 Å². The van der Waals surface area contributed by atoms with E-state index in [-0.39, 0.29) is 12.2 Å². The maximum atomic E-state index is 6.00. The zero-order valence-corrected chi connectivity index (χ0v) is 18.6. The third-order valence-electron chi connectivity index (χ3n) is 5.99. The van der Waals surface area contributed by atoms with Gasteiger partial charge in [-0.3, -0.25) is 0 Å². The molecular formula is C24H35N5O2. The molecule has 2 fully saturated rings. The number of nitrogens with one attached hydrogen (secondary N) is 1. The van der Waals surface area contributed by atoms with Gasteiger partial charge in [-0.15, -0.1) is 0 Å². The van der Waals surface area contributed by atoms with Gasteiger partial charge in [-0.25, -0.2) is 9.98 Å². The summed E-state index contributed by atoms with van der Waals surface area (Å²) in [6.07, 6.45) is 8.66. The van der Waals surface area contributed by atoms with E-state index in [1.807, 2.05) is 6.20 Å². The molecule has 2 aromatic rings. The molecule has 2 atom stereocenters. The number of hydrogen-bond donors (Lipinski definition) is 1. The lowest BCUT2D eigenvalue weighted by Crippen LogP contribution is -2.53. The highest BCUT2D eigenvalue weighted by Crippen LogP contribution is 2.21. The third-order valence-corrected chi connectivity index (χ3v) is 5.99. The van der Waals surface area contributed by atoms with Gasteiger partial charge in [-0.2, -0.15) is 0 Å². The van der Waals surface area contributed by atoms with Crippen molar-refractivity contribution in [3.05, 3.63) is 54.1 Å². The van der Waals surface area contributed by atoms with E-state index >= 15 is 0 Å². The number of aliphatic imine (C=N–C) groups is 1. The molecule has 2 aliphatic rings. The highest BCUT2D eigenvalue weighted by Gasteiger charge is 2.32. The molecule has 0 radical (unpaired) electrons. The molecule has 1 N–H and O–H groups in total. The van der Waals surface area contributed by atoms with E-state index in [1.54, 1.807) is 0 Å². The Labute approximate surface area is 185 Å². The second kappa shape index (κ2) is 11.3. The molecule has 1 aromatic carbocycles. The summed E-state index contributed by atoms with van der Waals surface area (Å²) in [4.78, 5) is 11.8. The topological polar surface area (TPSA) is 63.9 Å². The van der Waals surface area contributed by atoms with Crippen LogP contribution in [-0.4, -0.2) is 65.5 Å². The number of nitrogens with zero attached hydrogens (tertiary/aromatic N) is 4. The second-order valence-corrected chi connectivity index (χ2v) is 8.20. The third kappa shape index (κ3) is 6.08. The van der Waals surface area contributed by atoms with Crippen molar-refractivity contribution < 1.29 is 9.47 Å². The minimum atomic E-state index is 0.125. The van der Waals surface area contributed by atoms with Gasteiger partial charge >= 0.3 is 0 Å². The average molecular weight is 426 g/mol. The first-order valence-corrected chi connectivity index (χ1v) is 11.6. The summed E-state index contributed by atoms with van der Waals surface area (Å²) < 4.78 is 14.1. The molecule has 0 aliphatic carbocycles. The van der Waals surface area contributed by atoms with Gasteiger partial charge in [0.1, 0.15) is 18.5 Å². The van der Waals surface area contributed by atoms with Gasteiger partial charge in [0, 0.05) is 45.2 Å². The number of aryl methyl sites for hydroxylation is 2. The molecule has 0 spiro atoms. The molecule has 1 aromatic heterocycles. The lowest BCUT2D eigenvalue weighted by Gasteiger charge is -2.37. The van der Waals surface area contributed by atoms with E-state index in [0.29, 0.717) is 13.2 Å². The molecule has 31 heavy (non-hydrogen) atoms. The van der Waals surface area contributed by atoms with Crippen LogP contribution in [0.3, 0.4) is 0 Å².